The van der Waals surface area contributed by atoms with E-state index >= 15 is 0 Å². The summed E-state index contributed by atoms with van der Waals surface area (Å²) >= 11 is 3.06. The fourth-order valence-corrected chi connectivity index (χ4v) is 0.637. The van der Waals surface area contributed by atoms with Gasteiger partial charge in [-0.3, -0.25) is 0 Å². The van der Waals surface area contributed by atoms with Crippen molar-refractivity contribution in [2.24, 2.45) is 0 Å². The third-order valence-corrected chi connectivity index (χ3v) is 1.17. The lowest BCUT2D eigenvalue weighted by Gasteiger charge is -1.86. The molecule has 0 fully saturated rings. The van der Waals surface area contributed by atoms with E-state index in [1.54, 1.807) is 0 Å². The first-order valence-corrected chi connectivity index (χ1v) is 3.72. The quantitative estimate of drug-likeness (QED) is 0.515. The van der Waals surface area contributed by atoms with E-state index in [0.717, 1.165) is 0 Å². The molecule has 0 rings (SSSR count). The molecule has 0 radical (unpaired) electrons. The maximum absolute atomic E-state index is 3.06. The average molecular weight is 178 g/mol. The Bertz CT molecular complexity index is 61.5. The molecule has 0 amide bonds. The van der Waals surface area contributed by atoms with Crippen LogP contribution in [0.4, 0.5) is 0 Å². The second-order valence-corrected chi connectivity index (χ2v) is 2.11. The summed E-state index contributed by atoms with van der Waals surface area (Å²) in [5, 5.41) is 0. The molecule has 0 aliphatic carbocycles. The third kappa shape index (κ3) is 6.02. The van der Waals surface area contributed by atoms with Gasteiger partial charge in [0, 0.05) is 22.3 Å². The Morgan fingerprint density at radius 2 is 2.38 bits per heavy atom. The Balaban J connectivity index is 2.80. The van der Waals surface area contributed by atoms with Crippen molar-refractivity contribution in [2.75, 3.05) is 0 Å². The molecule has 8 heavy (non-hydrogen) atoms. The highest BCUT2D eigenvalue weighted by molar-refractivity contribution is 9.08. The van der Waals surface area contributed by atoms with Crippen LogP contribution in [0.1, 0.15) is 26.2 Å². The average Bonchev–Trinajstić information content (AvgIpc) is 1.81. The Labute approximate surface area is 59.5 Å². The normalized spacial score (nSPS) is 10.2. The predicted molar refractivity (Wildman–Crippen MR) is 40.7 cm³/mol. The molecule has 0 aromatic rings. The summed E-state index contributed by atoms with van der Waals surface area (Å²) in [7, 11) is 0. The van der Waals surface area contributed by atoms with Crippen molar-refractivity contribution in [3.05, 3.63) is 12.3 Å². The number of halogens is 1. The van der Waals surface area contributed by atoms with Crippen LogP contribution < -0.4 is 4.34 Å². The summed E-state index contributed by atoms with van der Waals surface area (Å²) in [4.78, 5) is 0. The fourth-order valence-electron chi connectivity index (χ4n) is 0.450. The van der Waals surface area contributed by atoms with Gasteiger partial charge < -0.3 is 4.34 Å². The van der Waals surface area contributed by atoms with Crippen LogP contribution in [-0.2, 0) is 0 Å². The van der Waals surface area contributed by atoms with Crippen molar-refractivity contribution in [3.8, 4) is 0 Å². The summed E-state index contributed by atoms with van der Waals surface area (Å²) in [6, 6.07) is 0. The molecular weight excluding hydrogens is 166 g/mol. The van der Waals surface area contributed by atoms with Gasteiger partial charge in [0.1, 0.15) is 0 Å². The van der Waals surface area contributed by atoms with Crippen LogP contribution in [0.25, 0.3) is 0 Å². The molecule has 1 N–H and O–H groups in total. The lowest BCUT2D eigenvalue weighted by Crippen LogP contribution is -1.78. The van der Waals surface area contributed by atoms with Gasteiger partial charge in [0.2, 0.25) is 0 Å². The van der Waals surface area contributed by atoms with Crippen molar-refractivity contribution < 1.29 is 0 Å². The van der Waals surface area contributed by atoms with Gasteiger partial charge in [-0.15, -0.1) is 0 Å². The van der Waals surface area contributed by atoms with Crippen molar-refractivity contribution in [1.82, 2.24) is 4.34 Å². The number of allylic oxidation sites excluding steroid dienone is 1. The van der Waals surface area contributed by atoms with Gasteiger partial charge in [-0.1, -0.05) is 25.8 Å². The number of unbranched alkanes of at least 4 members (excludes halogenated alkanes) is 2. The zero-order valence-electron chi connectivity index (χ0n) is 5.15. The van der Waals surface area contributed by atoms with Crippen molar-refractivity contribution in [1.29, 1.82) is 0 Å². The van der Waals surface area contributed by atoms with Crippen LogP contribution in [-0.4, -0.2) is 0 Å². The minimum Gasteiger partial charge on any atom is -0.329 e. The standard InChI is InChI=1S/C6H12BrN/c1-2-3-4-5-6-8-7/h5-6,8H,2-4H2,1H3. The zero-order chi connectivity index (χ0) is 6.24. The van der Waals surface area contributed by atoms with Crippen molar-refractivity contribution >= 4 is 16.1 Å². The Hall–Kier alpha value is 0.0200. The number of nitrogens with one attached hydrogen (secondary N) is 1. The molecule has 0 aliphatic rings. The van der Waals surface area contributed by atoms with Crippen LogP contribution in [0.2, 0.25) is 0 Å². The highest BCUT2D eigenvalue weighted by Gasteiger charge is 1.74. The van der Waals surface area contributed by atoms with Gasteiger partial charge in [-0.25, -0.2) is 0 Å². The summed E-state index contributed by atoms with van der Waals surface area (Å²) in [6.07, 6.45) is 7.74. The molecule has 0 atom stereocenters. The van der Waals surface area contributed by atoms with E-state index < -0.39 is 0 Å². The fraction of sp³-hybridized carbons (Fsp3) is 0.667. The van der Waals surface area contributed by atoms with Gasteiger partial charge in [-0.2, -0.15) is 0 Å². The molecule has 0 aliphatic heterocycles. The molecule has 0 bridgehead atoms. The molecule has 2 heteroatoms. The van der Waals surface area contributed by atoms with E-state index in [2.05, 4.69) is 33.5 Å². The molecule has 0 heterocycles. The van der Waals surface area contributed by atoms with Gasteiger partial charge >= 0.3 is 0 Å². The summed E-state index contributed by atoms with van der Waals surface area (Å²) in [5.41, 5.74) is 0. The molecule has 0 aromatic carbocycles. The highest BCUT2D eigenvalue weighted by atomic mass is 79.9. The zero-order valence-corrected chi connectivity index (χ0v) is 6.74. The second kappa shape index (κ2) is 7.02. The monoisotopic (exact) mass is 177 g/mol. The van der Waals surface area contributed by atoms with E-state index in [1.165, 1.54) is 19.3 Å². The molecule has 0 saturated heterocycles. The van der Waals surface area contributed by atoms with E-state index in [1.807, 2.05) is 6.20 Å². The lowest BCUT2D eigenvalue weighted by atomic mass is 10.2. The smallest absolute Gasteiger partial charge is 0.0460 e. The minimum absolute atomic E-state index is 1.18. The first-order chi connectivity index (χ1) is 3.91. The Morgan fingerprint density at radius 3 is 2.88 bits per heavy atom. The van der Waals surface area contributed by atoms with Gasteiger partial charge in [0.05, 0.1) is 0 Å². The molecule has 48 valence electrons. The first-order valence-electron chi connectivity index (χ1n) is 2.93. The lowest BCUT2D eigenvalue weighted by molar-refractivity contribution is 0.813. The van der Waals surface area contributed by atoms with Crippen LogP contribution in [0.5, 0.6) is 0 Å². The van der Waals surface area contributed by atoms with Crippen molar-refractivity contribution in [2.45, 2.75) is 26.2 Å². The van der Waals surface area contributed by atoms with E-state index in [4.69, 9.17) is 0 Å². The third-order valence-electron chi connectivity index (χ3n) is 0.905. The van der Waals surface area contributed by atoms with Crippen LogP contribution >= 0.6 is 16.1 Å². The Kier molecular flexibility index (Phi) is 7.04. The van der Waals surface area contributed by atoms with Crippen LogP contribution in [0.15, 0.2) is 12.3 Å². The van der Waals surface area contributed by atoms with Gasteiger partial charge in [-0.05, 0) is 6.42 Å². The molecule has 0 saturated carbocycles. The molecule has 0 unspecified atom stereocenters. The predicted octanol–water partition coefficient (Wildman–Crippen LogP) is 2.59. The molecule has 1 nitrogen and oxygen atoms in total. The molecule has 0 aromatic heterocycles. The number of hydrogen-bond acceptors (Lipinski definition) is 1. The maximum atomic E-state index is 3.06. The highest BCUT2D eigenvalue weighted by Crippen LogP contribution is 1.93. The largest absolute Gasteiger partial charge is 0.329 e. The SMILES string of the molecule is CCCCC=CNBr. The summed E-state index contributed by atoms with van der Waals surface area (Å²) in [5.74, 6) is 0. The number of rotatable bonds is 4. The van der Waals surface area contributed by atoms with E-state index in [-0.39, 0.29) is 0 Å². The van der Waals surface area contributed by atoms with Gasteiger partial charge in [0.15, 0.2) is 0 Å². The van der Waals surface area contributed by atoms with Crippen LogP contribution in [0.3, 0.4) is 0 Å². The Morgan fingerprint density at radius 1 is 1.62 bits per heavy atom. The van der Waals surface area contributed by atoms with E-state index in [9.17, 15) is 0 Å². The minimum atomic E-state index is 1.18. The topological polar surface area (TPSA) is 12.0 Å². The molecular formula is C6H12BrN. The van der Waals surface area contributed by atoms with Crippen molar-refractivity contribution in [3.63, 3.8) is 0 Å². The second-order valence-electron chi connectivity index (χ2n) is 1.65. The van der Waals surface area contributed by atoms with E-state index in [0.29, 0.717) is 0 Å². The summed E-state index contributed by atoms with van der Waals surface area (Å²) < 4.78 is 2.76. The van der Waals surface area contributed by atoms with Gasteiger partial charge in [0.25, 0.3) is 0 Å². The molecule has 0 spiro atoms. The maximum Gasteiger partial charge on any atom is 0.0460 e. The van der Waals surface area contributed by atoms with Crippen LogP contribution in [0, 0.1) is 0 Å². The number of hydrogen-bond donors (Lipinski definition) is 1. The summed E-state index contributed by atoms with van der Waals surface area (Å²) in [6.45, 7) is 2.19. The first kappa shape index (κ1) is 8.02.